The van der Waals surface area contributed by atoms with Crippen LogP contribution in [0.2, 0.25) is 0 Å². The molecule has 1 aliphatic rings. The van der Waals surface area contributed by atoms with Crippen LogP contribution in [0, 0.1) is 0 Å². The Labute approximate surface area is 197 Å². The van der Waals surface area contributed by atoms with Crippen molar-refractivity contribution >= 4 is 28.6 Å². The van der Waals surface area contributed by atoms with Gasteiger partial charge in [-0.25, -0.2) is 19.3 Å². The van der Waals surface area contributed by atoms with Crippen molar-refractivity contribution in [2.24, 2.45) is 0 Å². The van der Waals surface area contributed by atoms with Crippen LogP contribution in [0.15, 0.2) is 24.7 Å². The average Bonchev–Trinajstić information content (AvgIpc) is 3.23. The molecule has 2 atom stereocenters. The van der Waals surface area contributed by atoms with E-state index in [4.69, 9.17) is 5.73 Å². The van der Waals surface area contributed by atoms with Crippen molar-refractivity contribution in [3.8, 4) is 11.3 Å². The van der Waals surface area contributed by atoms with Gasteiger partial charge in [0.05, 0.1) is 23.5 Å². The van der Waals surface area contributed by atoms with Crippen molar-refractivity contribution < 1.29 is 27.5 Å². The number of aromatic nitrogens is 4. The highest BCUT2D eigenvalue weighted by atomic mass is 19.4. The number of hydrogen-bond donors (Lipinski definition) is 4. The van der Waals surface area contributed by atoms with Crippen LogP contribution in [0.4, 0.5) is 29.2 Å². The van der Waals surface area contributed by atoms with Gasteiger partial charge in [-0.15, -0.1) is 0 Å². The zero-order chi connectivity index (χ0) is 25.5. The first-order valence-corrected chi connectivity index (χ1v) is 11.0. The molecule has 1 unspecified atom stereocenters. The highest BCUT2D eigenvalue weighted by molar-refractivity contribution is 5.95. The normalized spacial score (nSPS) is 17.9. The molecule has 188 valence electrons. The molecule has 1 amide bonds. The van der Waals surface area contributed by atoms with E-state index in [2.05, 4.69) is 25.3 Å². The second-order valence-electron chi connectivity index (χ2n) is 8.72. The number of alkyl halides is 4. The molecule has 1 fully saturated rings. The number of aromatic amines is 1. The van der Waals surface area contributed by atoms with Gasteiger partial charge in [-0.3, -0.25) is 4.79 Å². The van der Waals surface area contributed by atoms with Crippen molar-refractivity contribution in [2.75, 3.05) is 24.1 Å². The Morgan fingerprint density at radius 1 is 1.26 bits per heavy atom. The van der Waals surface area contributed by atoms with Crippen LogP contribution in [0.5, 0.6) is 0 Å². The number of carbonyl (C=O) groups excluding carboxylic acids is 1. The summed E-state index contributed by atoms with van der Waals surface area (Å²) >= 11 is 0. The number of nitrogen functional groups attached to an aromatic ring is 1. The van der Waals surface area contributed by atoms with E-state index in [0.29, 0.717) is 5.56 Å². The third kappa shape index (κ3) is 4.85. The number of amides is 1. The molecule has 35 heavy (non-hydrogen) atoms. The summed E-state index contributed by atoms with van der Waals surface area (Å²) in [7, 11) is 0. The molecule has 5 N–H and O–H groups in total. The Hall–Kier alpha value is -3.48. The van der Waals surface area contributed by atoms with E-state index >= 15 is 4.39 Å². The minimum absolute atomic E-state index is 0.0514. The molecular weight excluding hydrogens is 470 g/mol. The zero-order valence-corrected chi connectivity index (χ0v) is 19.0. The van der Waals surface area contributed by atoms with Crippen LogP contribution in [-0.4, -0.2) is 66.8 Å². The van der Waals surface area contributed by atoms with Gasteiger partial charge in [0, 0.05) is 49.3 Å². The highest BCUT2D eigenvalue weighted by Gasteiger charge is 2.41. The number of aliphatic hydroxyl groups is 1. The van der Waals surface area contributed by atoms with Crippen molar-refractivity contribution in [3.05, 3.63) is 30.2 Å². The molecular formula is C22H25F4N7O2. The van der Waals surface area contributed by atoms with E-state index in [1.165, 1.54) is 24.2 Å². The van der Waals surface area contributed by atoms with Crippen molar-refractivity contribution in [2.45, 2.75) is 50.7 Å². The monoisotopic (exact) mass is 495 g/mol. The van der Waals surface area contributed by atoms with Gasteiger partial charge in [-0.05, 0) is 19.9 Å². The Morgan fingerprint density at radius 3 is 2.57 bits per heavy atom. The standard InChI is InChI=1S/C22H25F4N7O2/c1-11(34)19(35)33-5-3-21(23,4-6-33)12(2)31-20-30-10-16(27)17(32-20)15-9-29-18-14(15)7-13(8-28-18)22(24,25)26/h7-12,34H,3-6,27H2,1-2H3,(H,28,29)(H,30,31,32)/t11-,12?/m1/s1. The molecule has 0 aromatic carbocycles. The van der Waals surface area contributed by atoms with Crippen LogP contribution in [-0.2, 0) is 11.0 Å². The fourth-order valence-corrected chi connectivity index (χ4v) is 4.15. The number of pyridine rings is 1. The number of aliphatic hydroxyl groups excluding tert-OH is 1. The number of piperidine rings is 1. The average molecular weight is 495 g/mol. The number of H-pyrrole nitrogens is 1. The van der Waals surface area contributed by atoms with Crippen molar-refractivity contribution in [1.29, 1.82) is 0 Å². The second-order valence-corrected chi connectivity index (χ2v) is 8.72. The summed E-state index contributed by atoms with van der Waals surface area (Å²) < 4.78 is 55.2. The van der Waals surface area contributed by atoms with Gasteiger partial charge in [-0.2, -0.15) is 13.2 Å². The number of nitrogens with one attached hydrogen (secondary N) is 2. The Bertz CT molecular complexity index is 1240. The molecule has 4 rings (SSSR count). The molecule has 0 saturated carbocycles. The minimum Gasteiger partial charge on any atom is -0.396 e. The summed E-state index contributed by atoms with van der Waals surface area (Å²) in [5.74, 6) is -0.392. The SMILES string of the molecule is CC(Nc1ncc(N)c(-c2c[nH]c3ncc(C(F)(F)F)cc23)n1)C1(F)CCN(C(=O)[C@@H](C)O)CC1. The predicted molar refractivity (Wildman–Crippen MR) is 121 cm³/mol. The van der Waals surface area contributed by atoms with Crippen LogP contribution in [0.3, 0.4) is 0 Å². The van der Waals surface area contributed by atoms with E-state index in [0.717, 1.165) is 12.3 Å². The van der Waals surface area contributed by atoms with Gasteiger partial charge in [0.2, 0.25) is 5.95 Å². The van der Waals surface area contributed by atoms with E-state index in [1.807, 2.05) is 0 Å². The quantitative estimate of drug-likeness (QED) is 0.400. The summed E-state index contributed by atoms with van der Waals surface area (Å²) in [6.45, 7) is 3.30. The van der Waals surface area contributed by atoms with E-state index in [9.17, 15) is 23.1 Å². The maximum absolute atomic E-state index is 15.6. The number of halogens is 4. The molecule has 1 aliphatic heterocycles. The van der Waals surface area contributed by atoms with Gasteiger partial charge >= 0.3 is 6.18 Å². The number of nitrogens with two attached hydrogens (primary N) is 1. The third-order valence-corrected chi connectivity index (χ3v) is 6.32. The van der Waals surface area contributed by atoms with Crippen LogP contribution in [0.1, 0.15) is 32.3 Å². The molecule has 1 saturated heterocycles. The largest absolute Gasteiger partial charge is 0.417 e. The number of rotatable bonds is 5. The lowest BCUT2D eigenvalue weighted by atomic mass is 9.86. The number of likely N-dealkylation sites (tertiary alicyclic amines) is 1. The molecule has 9 nitrogen and oxygen atoms in total. The number of anilines is 2. The van der Waals surface area contributed by atoms with Gasteiger partial charge in [0.15, 0.2) is 0 Å². The summed E-state index contributed by atoms with van der Waals surface area (Å²) in [4.78, 5) is 28.5. The summed E-state index contributed by atoms with van der Waals surface area (Å²) in [5.41, 5.74) is 4.27. The van der Waals surface area contributed by atoms with E-state index in [1.54, 1.807) is 6.92 Å². The van der Waals surface area contributed by atoms with E-state index in [-0.39, 0.29) is 54.3 Å². The van der Waals surface area contributed by atoms with E-state index < -0.39 is 35.5 Å². The fraction of sp³-hybridized carbons (Fsp3) is 0.455. The maximum atomic E-state index is 15.6. The van der Waals surface area contributed by atoms with Crippen LogP contribution in [0.25, 0.3) is 22.3 Å². The fourth-order valence-electron chi connectivity index (χ4n) is 4.15. The Balaban J connectivity index is 1.56. The number of carbonyl (C=O) groups is 1. The van der Waals surface area contributed by atoms with Gasteiger partial charge < -0.3 is 26.0 Å². The summed E-state index contributed by atoms with van der Waals surface area (Å²) in [5, 5.41) is 12.6. The molecule has 0 spiro atoms. The lowest BCUT2D eigenvalue weighted by Gasteiger charge is -2.40. The molecule has 13 heteroatoms. The topological polar surface area (TPSA) is 133 Å². The maximum Gasteiger partial charge on any atom is 0.417 e. The zero-order valence-electron chi connectivity index (χ0n) is 19.0. The lowest BCUT2D eigenvalue weighted by molar-refractivity contribution is -0.142. The lowest BCUT2D eigenvalue weighted by Crippen LogP contribution is -2.53. The highest BCUT2D eigenvalue weighted by Crippen LogP contribution is 2.36. The summed E-state index contributed by atoms with van der Waals surface area (Å²) in [6, 6.07) is 0.217. The first kappa shape index (κ1) is 24.6. The molecule has 0 bridgehead atoms. The van der Waals surface area contributed by atoms with Crippen LogP contribution < -0.4 is 11.1 Å². The van der Waals surface area contributed by atoms with Crippen molar-refractivity contribution in [1.82, 2.24) is 24.8 Å². The Morgan fingerprint density at radius 2 is 1.94 bits per heavy atom. The first-order chi connectivity index (χ1) is 16.4. The molecule has 0 aliphatic carbocycles. The number of hydrogen-bond acceptors (Lipinski definition) is 7. The number of nitrogens with zero attached hydrogens (tertiary/aromatic N) is 4. The summed E-state index contributed by atoms with van der Waals surface area (Å²) in [6.07, 6.45) is -2.12. The smallest absolute Gasteiger partial charge is 0.396 e. The Kier molecular flexibility index (Phi) is 6.30. The molecule has 0 radical (unpaired) electrons. The third-order valence-electron chi connectivity index (χ3n) is 6.32. The van der Waals surface area contributed by atoms with Gasteiger partial charge in [0.1, 0.15) is 23.1 Å². The van der Waals surface area contributed by atoms with Gasteiger partial charge in [-0.1, -0.05) is 0 Å². The second kappa shape index (κ2) is 8.95. The molecule has 3 aromatic heterocycles. The first-order valence-electron chi connectivity index (χ1n) is 11.0. The van der Waals surface area contributed by atoms with Gasteiger partial charge in [0.25, 0.3) is 5.91 Å². The van der Waals surface area contributed by atoms with Crippen LogP contribution >= 0.6 is 0 Å². The minimum atomic E-state index is -4.57. The molecule has 3 aromatic rings. The predicted octanol–water partition coefficient (Wildman–Crippen LogP) is 3.13. The number of fused-ring (bicyclic) bond motifs is 1. The molecule has 4 heterocycles. The van der Waals surface area contributed by atoms with Crippen molar-refractivity contribution in [3.63, 3.8) is 0 Å².